The number of carbonyl (C=O) groups excluding carboxylic acids is 2. The molecule has 2 amide bonds. The van der Waals surface area contributed by atoms with Crippen LogP contribution in [0.25, 0.3) is 0 Å². The molecule has 1 unspecified atom stereocenters. The number of amides is 2. The number of hydrogen-bond acceptors (Lipinski definition) is 5. The molecule has 164 valence electrons. The predicted molar refractivity (Wildman–Crippen MR) is 122 cm³/mol. The van der Waals surface area contributed by atoms with Crippen LogP contribution >= 0.6 is 0 Å². The average molecular weight is 422 g/mol. The maximum absolute atomic E-state index is 12.8. The SMILES string of the molecule is O=C(NCCCCC(C(=O)N/N=C/c1cccnc1)N1CCCCC1)c1ccccc1. The zero-order valence-corrected chi connectivity index (χ0v) is 17.9. The number of likely N-dealkylation sites (tertiary alicyclic amines) is 1. The van der Waals surface area contributed by atoms with E-state index in [1.165, 1.54) is 6.42 Å². The number of benzene rings is 1. The van der Waals surface area contributed by atoms with E-state index < -0.39 is 0 Å². The zero-order chi connectivity index (χ0) is 21.7. The first-order valence-electron chi connectivity index (χ1n) is 11.0. The molecule has 1 saturated heterocycles. The first-order valence-corrected chi connectivity index (χ1v) is 11.0. The minimum atomic E-state index is -0.198. The standard InChI is InChI=1S/C24H31N5O2/c30-23(21-11-3-1-4-12-21)26-15-6-5-13-22(29-16-7-2-8-17-29)24(31)28-27-19-20-10-9-14-25-18-20/h1,3-4,9-12,14,18-19,22H,2,5-8,13,15-17H2,(H,26,30)(H,28,31)/b27-19+. The van der Waals surface area contributed by atoms with Crippen LogP contribution in [0.3, 0.4) is 0 Å². The second kappa shape index (κ2) is 12.6. The lowest BCUT2D eigenvalue weighted by Gasteiger charge is -2.33. The molecule has 0 radical (unpaired) electrons. The zero-order valence-electron chi connectivity index (χ0n) is 17.9. The van der Waals surface area contributed by atoms with E-state index in [-0.39, 0.29) is 17.9 Å². The Kier molecular flexibility index (Phi) is 9.19. The number of nitrogens with zero attached hydrogens (tertiary/aromatic N) is 3. The molecule has 0 bridgehead atoms. The summed E-state index contributed by atoms with van der Waals surface area (Å²) in [7, 11) is 0. The highest BCUT2D eigenvalue weighted by molar-refractivity contribution is 5.94. The fraction of sp³-hybridized carbons (Fsp3) is 0.417. The molecule has 1 aromatic carbocycles. The topological polar surface area (TPSA) is 86.7 Å². The van der Waals surface area contributed by atoms with Crippen molar-refractivity contribution in [2.75, 3.05) is 19.6 Å². The smallest absolute Gasteiger partial charge is 0.257 e. The minimum Gasteiger partial charge on any atom is -0.352 e. The van der Waals surface area contributed by atoms with Crippen molar-refractivity contribution in [3.05, 3.63) is 66.0 Å². The van der Waals surface area contributed by atoms with Crippen LogP contribution in [0.5, 0.6) is 0 Å². The lowest BCUT2D eigenvalue weighted by Crippen LogP contribution is -2.47. The summed E-state index contributed by atoms with van der Waals surface area (Å²) in [6, 6.07) is 12.7. The first-order chi connectivity index (χ1) is 15.2. The third-order valence-electron chi connectivity index (χ3n) is 5.43. The van der Waals surface area contributed by atoms with Crippen LogP contribution in [-0.4, -0.2) is 53.6 Å². The predicted octanol–water partition coefficient (Wildman–Crippen LogP) is 2.99. The quantitative estimate of drug-likeness (QED) is 0.351. The van der Waals surface area contributed by atoms with Crippen LogP contribution in [0.2, 0.25) is 0 Å². The van der Waals surface area contributed by atoms with E-state index in [1.807, 2.05) is 30.3 Å². The summed E-state index contributed by atoms with van der Waals surface area (Å²) in [4.78, 5) is 31.3. The molecule has 7 nitrogen and oxygen atoms in total. The monoisotopic (exact) mass is 421 g/mol. The molecule has 7 heteroatoms. The number of aromatic nitrogens is 1. The van der Waals surface area contributed by atoms with Crippen molar-refractivity contribution < 1.29 is 9.59 Å². The molecule has 0 saturated carbocycles. The lowest BCUT2D eigenvalue weighted by molar-refractivity contribution is -0.127. The van der Waals surface area contributed by atoms with Crippen molar-refractivity contribution in [3.63, 3.8) is 0 Å². The second-order valence-corrected chi connectivity index (χ2v) is 7.75. The Labute approximate surface area is 183 Å². The lowest BCUT2D eigenvalue weighted by atomic mass is 10.0. The maximum atomic E-state index is 12.8. The van der Waals surface area contributed by atoms with Gasteiger partial charge in [-0.3, -0.25) is 19.5 Å². The molecular formula is C24H31N5O2. The Morgan fingerprint density at radius 2 is 1.87 bits per heavy atom. The normalized spacial score (nSPS) is 15.5. The molecule has 2 heterocycles. The molecular weight excluding hydrogens is 390 g/mol. The van der Waals surface area contributed by atoms with E-state index >= 15 is 0 Å². The molecule has 2 aromatic rings. The fourth-order valence-corrected chi connectivity index (χ4v) is 3.76. The Balaban J connectivity index is 1.46. The van der Waals surface area contributed by atoms with Gasteiger partial charge in [0.2, 0.25) is 0 Å². The number of pyridine rings is 1. The van der Waals surface area contributed by atoms with Crippen LogP contribution in [0, 0.1) is 0 Å². The van der Waals surface area contributed by atoms with E-state index in [4.69, 9.17) is 0 Å². The molecule has 1 aromatic heterocycles. The van der Waals surface area contributed by atoms with Gasteiger partial charge in [0, 0.05) is 30.1 Å². The highest BCUT2D eigenvalue weighted by atomic mass is 16.2. The Bertz CT molecular complexity index is 836. The van der Waals surface area contributed by atoms with Crippen LogP contribution in [0.15, 0.2) is 60.0 Å². The van der Waals surface area contributed by atoms with Gasteiger partial charge in [-0.1, -0.05) is 30.7 Å². The summed E-state index contributed by atoms with van der Waals surface area (Å²) >= 11 is 0. The molecule has 1 aliphatic rings. The van der Waals surface area contributed by atoms with Gasteiger partial charge in [-0.05, 0) is 63.4 Å². The van der Waals surface area contributed by atoms with Gasteiger partial charge in [0.25, 0.3) is 11.8 Å². The van der Waals surface area contributed by atoms with Crippen LogP contribution in [-0.2, 0) is 4.79 Å². The minimum absolute atomic E-state index is 0.0596. The van der Waals surface area contributed by atoms with E-state index in [0.717, 1.165) is 50.8 Å². The highest BCUT2D eigenvalue weighted by Crippen LogP contribution is 2.16. The van der Waals surface area contributed by atoms with Gasteiger partial charge in [0.05, 0.1) is 12.3 Å². The molecule has 1 atom stereocenters. The van der Waals surface area contributed by atoms with Crippen molar-refractivity contribution in [1.82, 2.24) is 20.6 Å². The number of hydrogen-bond donors (Lipinski definition) is 2. The number of carbonyl (C=O) groups is 2. The van der Waals surface area contributed by atoms with Crippen molar-refractivity contribution >= 4 is 18.0 Å². The number of piperidine rings is 1. The molecule has 1 aliphatic heterocycles. The van der Waals surface area contributed by atoms with Gasteiger partial charge in [-0.2, -0.15) is 5.10 Å². The fourth-order valence-electron chi connectivity index (χ4n) is 3.76. The van der Waals surface area contributed by atoms with Crippen LogP contribution in [0.4, 0.5) is 0 Å². The van der Waals surface area contributed by atoms with Crippen molar-refractivity contribution in [2.45, 2.75) is 44.6 Å². The van der Waals surface area contributed by atoms with Gasteiger partial charge < -0.3 is 5.32 Å². The maximum Gasteiger partial charge on any atom is 0.257 e. The van der Waals surface area contributed by atoms with Crippen LogP contribution in [0.1, 0.15) is 54.4 Å². The third kappa shape index (κ3) is 7.61. The highest BCUT2D eigenvalue weighted by Gasteiger charge is 2.26. The van der Waals surface area contributed by atoms with E-state index in [1.54, 1.807) is 30.7 Å². The molecule has 31 heavy (non-hydrogen) atoms. The van der Waals surface area contributed by atoms with Gasteiger partial charge in [0.15, 0.2) is 0 Å². The summed E-state index contributed by atoms with van der Waals surface area (Å²) in [6.45, 7) is 2.48. The number of hydrazone groups is 1. The summed E-state index contributed by atoms with van der Waals surface area (Å²) < 4.78 is 0. The van der Waals surface area contributed by atoms with E-state index in [2.05, 4.69) is 25.7 Å². The summed E-state index contributed by atoms with van der Waals surface area (Å²) in [5.74, 6) is -0.133. The van der Waals surface area contributed by atoms with Crippen molar-refractivity contribution in [2.24, 2.45) is 5.10 Å². The Morgan fingerprint density at radius 1 is 1.06 bits per heavy atom. The van der Waals surface area contributed by atoms with Gasteiger partial charge in [-0.25, -0.2) is 5.43 Å². The largest absolute Gasteiger partial charge is 0.352 e. The summed E-state index contributed by atoms with van der Waals surface area (Å²) in [5, 5.41) is 7.06. The van der Waals surface area contributed by atoms with Crippen LogP contribution < -0.4 is 10.7 Å². The first kappa shape index (κ1) is 22.6. The van der Waals surface area contributed by atoms with Crippen molar-refractivity contribution in [1.29, 1.82) is 0 Å². The van der Waals surface area contributed by atoms with Gasteiger partial charge >= 0.3 is 0 Å². The molecule has 3 rings (SSSR count). The third-order valence-corrected chi connectivity index (χ3v) is 5.43. The average Bonchev–Trinajstić information content (AvgIpc) is 2.83. The second-order valence-electron chi connectivity index (χ2n) is 7.75. The molecule has 0 spiro atoms. The molecule has 1 fully saturated rings. The number of rotatable bonds is 10. The Morgan fingerprint density at radius 3 is 2.61 bits per heavy atom. The van der Waals surface area contributed by atoms with E-state index in [0.29, 0.717) is 12.1 Å². The van der Waals surface area contributed by atoms with Gasteiger partial charge in [-0.15, -0.1) is 0 Å². The number of unbranched alkanes of at least 4 members (excludes halogenated alkanes) is 1. The Hall–Kier alpha value is -3.06. The van der Waals surface area contributed by atoms with Crippen molar-refractivity contribution in [3.8, 4) is 0 Å². The van der Waals surface area contributed by atoms with Gasteiger partial charge in [0.1, 0.15) is 0 Å². The molecule has 0 aliphatic carbocycles. The molecule has 2 N–H and O–H groups in total. The summed E-state index contributed by atoms with van der Waals surface area (Å²) in [6.07, 6.45) is 10.9. The summed E-state index contributed by atoms with van der Waals surface area (Å²) in [5.41, 5.74) is 4.21. The number of nitrogens with one attached hydrogen (secondary N) is 2. The van der Waals surface area contributed by atoms with E-state index in [9.17, 15) is 9.59 Å².